The summed E-state index contributed by atoms with van der Waals surface area (Å²) in [5.41, 5.74) is 10.7. The highest BCUT2D eigenvalue weighted by Crippen LogP contribution is 2.41. The van der Waals surface area contributed by atoms with Crippen LogP contribution in [0.1, 0.15) is 0 Å². The van der Waals surface area contributed by atoms with Crippen molar-refractivity contribution in [3.05, 3.63) is 170 Å². The molecule has 6 nitrogen and oxygen atoms in total. The van der Waals surface area contributed by atoms with Crippen LogP contribution in [0.15, 0.2) is 170 Å². The number of nitrogens with zero attached hydrogens (tertiary/aromatic N) is 6. The Balaban J connectivity index is 1.27. The molecular formula is C44H28N6. The second-order valence-electron chi connectivity index (χ2n) is 12.3. The number of hydrogen-bond acceptors (Lipinski definition) is 4. The molecule has 0 aliphatic heterocycles. The topological polar surface area (TPSA) is 61.4 Å². The van der Waals surface area contributed by atoms with Gasteiger partial charge in [-0.15, -0.1) is 0 Å². The molecule has 234 valence electrons. The quantitative estimate of drug-likeness (QED) is 0.188. The SMILES string of the molecule is c1ccc(-n2c3ccccc3c3cc4c(cc32)c2ccccc2n4-c2ccccc2-c2nc(-c3ccccn3)cc(-c3ccccn3)n2)cc1. The lowest BCUT2D eigenvalue weighted by Crippen LogP contribution is -2.02. The largest absolute Gasteiger partial charge is 0.309 e. The zero-order valence-corrected chi connectivity index (χ0v) is 26.8. The lowest BCUT2D eigenvalue weighted by atomic mass is 10.1. The van der Waals surface area contributed by atoms with Crippen LogP contribution >= 0.6 is 0 Å². The van der Waals surface area contributed by atoms with Gasteiger partial charge in [0.2, 0.25) is 0 Å². The number of rotatable bonds is 5. The Morgan fingerprint density at radius 3 is 1.50 bits per heavy atom. The van der Waals surface area contributed by atoms with Crippen molar-refractivity contribution in [2.75, 3.05) is 0 Å². The van der Waals surface area contributed by atoms with Crippen molar-refractivity contribution in [1.82, 2.24) is 29.1 Å². The fourth-order valence-electron chi connectivity index (χ4n) is 7.26. The number of hydrogen-bond donors (Lipinski definition) is 0. The molecule has 6 heteroatoms. The summed E-state index contributed by atoms with van der Waals surface area (Å²) in [5, 5.41) is 4.77. The van der Waals surface area contributed by atoms with Gasteiger partial charge in [-0.2, -0.15) is 0 Å². The Labute approximate surface area is 287 Å². The standard InChI is InChI=1S/C44H28N6/c1-2-14-29(15-3-1)49-39-21-7-4-16-30(39)33-27-43-34(26-42(33)49)31-17-5-8-22-40(31)50(43)41-23-9-6-18-32(41)44-47-37(35-19-10-12-24-45-35)28-38(48-44)36-20-11-13-25-46-36/h1-28H. The van der Waals surface area contributed by atoms with Gasteiger partial charge in [-0.3, -0.25) is 9.97 Å². The molecule has 5 heterocycles. The van der Waals surface area contributed by atoms with Gasteiger partial charge in [-0.05, 0) is 78.9 Å². The second-order valence-corrected chi connectivity index (χ2v) is 12.3. The van der Waals surface area contributed by atoms with E-state index in [1.54, 1.807) is 12.4 Å². The third-order valence-electron chi connectivity index (χ3n) is 9.45. The van der Waals surface area contributed by atoms with Crippen molar-refractivity contribution in [1.29, 1.82) is 0 Å². The monoisotopic (exact) mass is 640 g/mol. The van der Waals surface area contributed by atoms with E-state index in [0.717, 1.165) is 50.7 Å². The number of para-hydroxylation sites is 4. The zero-order chi connectivity index (χ0) is 33.0. The van der Waals surface area contributed by atoms with Crippen LogP contribution in [-0.4, -0.2) is 29.1 Å². The van der Waals surface area contributed by atoms with Crippen LogP contribution in [0.2, 0.25) is 0 Å². The summed E-state index contributed by atoms with van der Waals surface area (Å²) >= 11 is 0. The van der Waals surface area contributed by atoms with Crippen LogP contribution in [0.5, 0.6) is 0 Å². The minimum atomic E-state index is 0.608. The van der Waals surface area contributed by atoms with Gasteiger partial charge >= 0.3 is 0 Å². The molecule has 0 N–H and O–H groups in total. The molecule has 0 radical (unpaired) electrons. The summed E-state index contributed by atoms with van der Waals surface area (Å²) in [4.78, 5) is 19.5. The van der Waals surface area contributed by atoms with Gasteiger partial charge in [0.25, 0.3) is 0 Å². The van der Waals surface area contributed by atoms with Crippen molar-refractivity contribution in [2.45, 2.75) is 0 Å². The van der Waals surface area contributed by atoms with E-state index >= 15 is 0 Å². The maximum Gasteiger partial charge on any atom is 0.162 e. The van der Waals surface area contributed by atoms with E-state index in [1.807, 2.05) is 42.5 Å². The Kier molecular flexibility index (Phi) is 6.39. The molecule has 10 rings (SSSR count). The molecule has 0 amide bonds. The van der Waals surface area contributed by atoms with Crippen LogP contribution in [0.3, 0.4) is 0 Å². The molecule has 0 bridgehead atoms. The molecule has 5 aromatic heterocycles. The molecule has 0 spiro atoms. The molecule has 0 fully saturated rings. The number of aromatic nitrogens is 6. The smallest absolute Gasteiger partial charge is 0.162 e. The molecule has 0 saturated heterocycles. The highest BCUT2D eigenvalue weighted by Gasteiger charge is 2.21. The number of fused-ring (bicyclic) bond motifs is 6. The lowest BCUT2D eigenvalue weighted by molar-refractivity contribution is 1.12. The first-order valence-corrected chi connectivity index (χ1v) is 16.7. The maximum absolute atomic E-state index is 5.14. The van der Waals surface area contributed by atoms with Gasteiger partial charge in [-0.25, -0.2) is 9.97 Å². The Morgan fingerprint density at radius 2 is 0.880 bits per heavy atom. The minimum Gasteiger partial charge on any atom is -0.309 e. The third-order valence-corrected chi connectivity index (χ3v) is 9.45. The molecule has 5 aromatic carbocycles. The van der Waals surface area contributed by atoms with Crippen LogP contribution < -0.4 is 0 Å². The predicted molar refractivity (Wildman–Crippen MR) is 203 cm³/mol. The van der Waals surface area contributed by atoms with E-state index < -0.39 is 0 Å². The Hall–Kier alpha value is -6.92. The first-order chi connectivity index (χ1) is 24.8. The predicted octanol–water partition coefficient (Wildman–Crippen LogP) is 10.5. The van der Waals surface area contributed by atoms with Crippen LogP contribution in [0.4, 0.5) is 0 Å². The molecule has 0 atom stereocenters. The van der Waals surface area contributed by atoms with Crippen LogP contribution in [-0.2, 0) is 0 Å². The van der Waals surface area contributed by atoms with Gasteiger partial charge in [0.05, 0.1) is 50.5 Å². The van der Waals surface area contributed by atoms with Gasteiger partial charge < -0.3 is 9.13 Å². The fourth-order valence-corrected chi connectivity index (χ4v) is 7.26. The third kappa shape index (κ3) is 4.43. The molecule has 0 aliphatic carbocycles. The van der Waals surface area contributed by atoms with Crippen molar-refractivity contribution in [3.63, 3.8) is 0 Å². The average molecular weight is 641 g/mol. The van der Waals surface area contributed by atoms with E-state index in [9.17, 15) is 0 Å². The van der Waals surface area contributed by atoms with E-state index in [4.69, 9.17) is 9.97 Å². The zero-order valence-electron chi connectivity index (χ0n) is 26.8. The molecule has 10 aromatic rings. The van der Waals surface area contributed by atoms with E-state index in [1.165, 1.54) is 32.6 Å². The minimum absolute atomic E-state index is 0.608. The summed E-state index contributed by atoms with van der Waals surface area (Å²) in [6, 6.07) is 54.7. The molecular weight excluding hydrogens is 613 g/mol. The van der Waals surface area contributed by atoms with Crippen molar-refractivity contribution < 1.29 is 0 Å². The molecule has 0 unspecified atom stereocenters. The van der Waals surface area contributed by atoms with E-state index in [2.05, 4.69) is 134 Å². The lowest BCUT2D eigenvalue weighted by Gasteiger charge is -2.15. The fraction of sp³-hybridized carbons (Fsp3) is 0. The first-order valence-electron chi connectivity index (χ1n) is 16.7. The Morgan fingerprint density at radius 1 is 0.360 bits per heavy atom. The molecule has 50 heavy (non-hydrogen) atoms. The van der Waals surface area contributed by atoms with Crippen molar-refractivity contribution >= 4 is 43.6 Å². The van der Waals surface area contributed by atoms with Crippen molar-refractivity contribution in [2.24, 2.45) is 0 Å². The van der Waals surface area contributed by atoms with Crippen LogP contribution in [0.25, 0.3) is 89.2 Å². The first kappa shape index (κ1) is 28.1. The second kappa shape index (κ2) is 11.4. The summed E-state index contributed by atoms with van der Waals surface area (Å²) in [6.07, 6.45) is 3.58. The van der Waals surface area contributed by atoms with Crippen LogP contribution in [0, 0.1) is 0 Å². The number of pyridine rings is 2. The van der Waals surface area contributed by atoms with Crippen molar-refractivity contribution in [3.8, 4) is 45.5 Å². The van der Waals surface area contributed by atoms with E-state index in [-0.39, 0.29) is 0 Å². The average Bonchev–Trinajstić information content (AvgIpc) is 3.70. The summed E-state index contributed by atoms with van der Waals surface area (Å²) in [5.74, 6) is 0.608. The van der Waals surface area contributed by atoms with Gasteiger partial charge in [-0.1, -0.05) is 78.9 Å². The summed E-state index contributed by atoms with van der Waals surface area (Å²) in [7, 11) is 0. The summed E-state index contributed by atoms with van der Waals surface area (Å²) < 4.78 is 4.74. The normalized spacial score (nSPS) is 11.6. The maximum atomic E-state index is 5.14. The van der Waals surface area contributed by atoms with Gasteiger partial charge in [0, 0.05) is 45.2 Å². The highest BCUT2D eigenvalue weighted by molar-refractivity contribution is 6.19. The van der Waals surface area contributed by atoms with E-state index in [0.29, 0.717) is 5.82 Å². The number of benzene rings is 5. The summed E-state index contributed by atoms with van der Waals surface area (Å²) in [6.45, 7) is 0. The highest BCUT2D eigenvalue weighted by atomic mass is 15.0. The van der Waals surface area contributed by atoms with Gasteiger partial charge in [0.1, 0.15) is 0 Å². The van der Waals surface area contributed by atoms with Gasteiger partial charge in [0.15, 0.2) is 5.82 Å². The Bertz CT molecular complexity index is 2800. The molecule has 0 saturated carbocycles. The molecule has 0 aliphatic rings.